The highest BCUT2D eigenvalue weighted by molar-refractivity contribution is 6.12. The predicted molar refractivity (Wildman–Crippen MR) is 172 cm³/mol. The second-order valence-corrected chi connectivity index (χ2v) is 11.3. The van der Waals surface area contributed by atoms with Gasteiger partial charge in [-0.25, -0.2) is 4.79 Å². The van der Waals surface area contributed by atoms with Crippen molar-refractivity contribution in [3.63, 3.8) is 0 Å². The molecule has 0 aliphatic heterocycles. The molecule has 0 bridgehead atoms. The van der Waals surface area contributed by atoms with Crippen molar-refractivity contribution in [2.24, 2.45) is 0 Å². The van der Waals surface area contributed by atoms with Gasteiger partial charge >= 0.3 is 5.97 Å². The Morgan fingerprint density at radius 3 is 1.48 bits per heavy atom. The minimum Gasteiger partial charge on any atom is -0.477 e. The first-order chi connectivity index (χ1) is 20.3. The summed E-state index contributed by atoms with van der Waals surface area (Å²) in [5, 5.41) is 23.3. The first-order valence-corrected chi connectivity index (χ1v) is 14.1. The minimum atomic E-state index is -1.22. The summed E-state index contributed by atoms with van der Waals surface area (Å²) >= 11 is 0. The Hall–Kier alpha value is -5.34. The minimum absolute atomic E-state index is 0.280. The molecular weight excluding hydrogens is 518 g/mol. The molecule has 0 fully saturated rings. The number of hydrogen-bond acceptors (Lipinski definition) is 2. The summed E-state index contributed by atoms with van der Waals surface area (Å²) in [4.78, 5) is 11.4. The number of nitriles is 1. The van der Waals surface area contributed by atoms with Gasteiger partial charge in [-0.05, 0) is 106 Å². The average molecular weight is 548 g/mol. The van der Waals surface area contributed by atoms with E-state index in [9.17, 15) is 15.2 Å². The lowest BCUT2D eigenvalue weighted by Gasteiger charge is -2.20. The topological polar surface area (TPSA) is 71.0 Å². The zero-order valence-corrected chi connectivity index (χ0v) is 23.8. The molecule has 0 saturated heterocycles. The van der Waals surface area contributed by atoms with Gasteiger partial charge in [-0.3, -0.25) is 0 Å². The molecule has 42 heavy (non-hydrogen) atoms. The zero-order valence-electron chi connectivity index (χ0n) is 23.8. The predicted octanol–water partition coefficient (Wildman–Crippen LogP) is 9.00. The lowest BCUT2D eigenvalue weighted by Crippen LogP contribution is -2.05. The second-order valence-electron chi connectivity index (χ2n) is 11.3. The molecule has 1 aliphatic carbocycles. The molecule has 0 saturated carbocycles. The Morgan fingerprint density at radius 2 is 1.10 bits per heavy atom. The van der Waals surface area contributed by atoms with Crippen molar-refractivity contribution in [2.45, 2.75) is 33.6 Å². The number of aryl methyl sites for hydroxylation is 3. The number of allylic oxidation sites excluding steroid dienone is 4. The quantitative estimate of drug-likeness (QED) is 0.177. The molecule has 204 valence electrons. The van der Waals surface area contributed by atoms with Gasteiger partial charge < -0.3 is 14.2 Å². The second kappa shape index (κ2) is 9.64. The maximum absolute atomic E-state index is 11.4. The van der Waals surface area contributed by atoms with Crippen LogP contribution >= 0.6 is 0 Å². The first-order valence-electron chi connectivity index (χ1n) is 14.1. The van der Waals surface area contributed by atoms with Gasteiger partial charge in [0.2, 0.25) is 0 Å². The van der Waals surface area contributed by atoms with Crippen LogP contribution in [0.4, 0.5) is 0 Å². The molecule has 6 aromatic rings. The normalized spacial score (nSPS) is 14.0. The van der Waals surface area contributed by atoms with Crippen molar-refractivity contribution in [3.8, 4) is 6.07 Å². The molecule has 0 unspecified atom stereocenters. The fourth-order valence-corrected chi connectivity index (χ4v) is 6.41. The number of rotatable bonds is 4. The highest BCUT2D eigenvalue weighted by atomic mass is 16.4. The van der Waals surface area contributed by atoms with Crippen LogP contribution in [0.3, 0.4) is 0 Å². The summed E-state index contributed by atoms with van der Waals surface area (Å²) in [6, 6.07) is 27.6. The number of aromatic nitrogens is 2. The summed E-state index contributed by atoms with van der Waals surface area (Å²) in [5.74, 6) is -1.22. The lowest BCUT2D eigenvalue weighted by atomic mass is 10.1. The van der Waals surface area contributed by atoms with E-state index in [1.54, 1.807) is 6.07 Å². The lowest BCUT2D eigenvalue weighted by molar-refractivity contribution is -0.132. The van der Waals surface area contributed by atoms with E-state index in [0.717, 1.165) is 40.2 Å². The molecule has 0 amide bonds. The van der Waals surface area contributed by atoms with Gasteiger partial charge in [-0.2, -0.15) is 5.26 Å². The van der Waals surface area contributed by atoms with E-state index in [2.05, 4.69) is 96.7 Å². The molecule has 0 atom stereocenters. The van der Waals surface area contributed by atoms with Gasteiger partial charge in [0.1, 0.15) is 11.6 Å². The molecule has 0 radical (unpaired) electrons. The van der Waals surface area contributed by atoms with Gasteiger partial charge in [-0.1, -0.05) is 41.0 Å². The van der Waals surface area contributed by atoms with E-state index in [4.69, 9.17) is 0 Å². The third kappa shape index (κ3) is 4.03. The monoisotopic (exact) mass is 547 g/mol. The van der Waals surface area contributed by atoms with E-state index in [1.807, 2.05) is 18.2 Å². The summed E-state index contributed by atoms with van der Waals surface area (Å²) < 4.78 is 4.74. The first kappa shape index (κ1) is 25.6. The molecule has 7 rings (SSSR count). The SMILES string of the molecule is Cc1ccc2c(c1)c1cc(C)ccc1n2C1=CC=C(n2c3ccc(C)cc3c3cc(/C=C(\C#N)C(=O)O)ccc32)CC1. The Balaban J connectivity index is 1.40. The highest BCUT2D eigenvalue weighted by Crippen LogP contribution is 2.39. The third-order valence-corrected chi connectivity index (χ3v) is 8.36. The van der Waals surface area contributed by atoms with Crippen molar-refractivity contribution in [1.29, 1.82) is 5.26 Å². The zero-order chi connectivity index (χ0) is 29.1. The molecule has 2 heterocycles. The number of carboxylic acids is 1. The smallest absolute Gasteiger partial charge is 0.346 e. The number of benzene rings is 4. The van der Waals surface area contributed by atoms with Crippen LogP contribution in [-0.4, -0.2) is 20.2 Å². The number of fused-ring (bicyclic) bond motifs is 6. The van der Waals surface area contributed by atoms with Gasteiger partial charge in [0.25, 0.3) is 0 Å². The van der Waals surface area contributed by atoms with Crippen LogP contribution in [0.1, 0.15) is 35.1 Å². The summed E-state index contributed by atoms with van der Waals surface area (Å²) in [5.41, 5.74) is 11.2. The van der Waals surface area contributed by atoms with Crippen LogP contribution in [0, 0.1) is 32.1 Å². The van der Waals surface area contributed by atoms with Crippen molar-refractivity contribution in [3.05, 3.63) is 113 Å². The Morgan fingerprint density at radius 1 is 0.690 bits per heavy atom. The van der Waals surface area contributed by atoms with Crippen LogP contribution in [0.25, 0.3) is 61.1 Å². The summed E-state index contributed by atoms with van der Waals surface area (Å²) in [7, 11) is 0. The summed E-state index contributed by atoms with van der Waals surface area (Å²) in [6.45, 7) is 6.37. The largest absolute Gasteiger partial charge is 0.477 e. The molecule has 1 aliphatic rings. The van der Waals surface area contributed by atoms with E-state index in [0.29, 0.717) is 5.56 Å². The van der Waals surface area contributed by atoms with Crippen molar-refractivity contribution < 1.29 is 9.90 Å². The van der Waals surface area contributed by atoms with Crippen molar-refractivity contribution in [2.75, 3.05) is 0 Å². The van der Waals surface area contributed by atoms with Gasteiger partial charge in [0.05, 0.1) is 22.1 Å². The van der Waals surface area contributed by atoms with Crippen LogP contribution in [-0.2, 0) is 4.79 Å². The summed E-state index contributed by atoms with van der Waals surface area (Å²) in [6.07, 6.45) is 7.70. The van der Waals surface area contributed by atoms with E-state index >= 15 is 0 Å². The van der Waals surface area contributed by atoms with E-state index in [-0.39, 0.29) is 5.57 Å². The van der Waals surface area contributed by atoms with Crippen LogP contribution < -0.4 is 0 Å². The number of nitrogens with zero attached hydrogens (tertiary/aromatic N) is 3. The van der Waals surface area contributed by atoms with Crippen LogP contribution in [0.15, 0.2) is 90.5 Å². The average Bonchev–Trinajstić information content (AvgIpc) is 3.47. The van der Waals surface area contributed by atoms with Gasteiger partial charge in [-0.15, -0.1) is 0 Å². The molecular formula is C37H29N3O2. The molecule has 2 aromatic heterocycles. The van der Waals surface area contributed by atoms with E-state index < -0.39 is 5.97 Å². The third-order valence-electron chi connectivity index (χ3n) is 8.36. The number of carbonyl (C=O) groups is 1. The molecule has 4 aromatic carbocycles. The van der Waals surface area contributed by atoms with Crippen LogP contribution in [0.2, 0.25) is 0 Å². The van der Waals surface area contributed by atoms with Crippen molar-refractivity contribution >= 4 is 67.1 Å². The number of carboxylic acid groups (broad SMARTS) is 1. The standard InChI is InChI=1S/C37H29N3O2/c1-22-4-12-33-29(16-22)30-17-23(2)5-13-34(30)39(33)27-8-10-28(11-9-27)40-35-14-6-24(3)18-31(35)32-20-25(7-15-36(32)40)19-26(21-38)37(41)42/h4-8,10,12-20H,9,11H2,1-3H3,(H,41,42)/b26-19+. The molecule has 5 heteroatoms. The van der Waals surface area contributed by atoms with Crippen LogP contribution in [0.5, 0.6) is 0 Å². The maximum Gasteiger partial charge on any atom is 0.346 e. The number of aliphatic carboxylic acids is 1. The fraction of sp³-hybridized carbons (Fsp3) is 0.135. The van der Waals surface area contributed by atoms with Gasteiger partial charge in [0, 0.05) is 32.9 Å². The number of hydrogen-bond donors (Lipinski definition) is 1. The highest BCUT2D eigenvalue weighted by Gasteiger charge is 2.20. The maximum atomic E-state index is 11.4. The Bertz CT molecular complexity index is 2200. The Labute approximate surface area is 243 Å². The Kier molecular flexibility index (Phi) is 5.88. The molecule has 0 spiro atoms. The van der Waals surface area contributed by atoms with Gasteiger partial charge in [0.15, 0.2) is 0 Å². The van der Waals surface area contributed by atoms with E-state index in [1.165, 1.54) is 50.4 Å². The molecule has 1 N–H and O–H groups in total. The fourth-order valence-electron chi connectivity index (χ4n) is 6.41. The molecule has 5 nitrogen and oxygen atoms in total. The van der Waals surface area contributed by atoms with Crippen molar-refractivity contribution in [1.82, 2.24) is 9.13 Å².